The van der Waals surface area contributed by atoms with E-state index in [0.29, 0.717) is 24.3 Å². The number of hydrogen-bond acceptors (Lipinski definition) is 7. The summed E-state index contributed by atoms with van der Waals surface area (Å²) >= 11 is 0. The molecule has 0 bridgehead atoms. The van der Waals surface area contributed by atoms with Gasteiger partial charge in [-0.1, -0.05) is 6.07 Å². The second kappa shape index (κ2) is 9.54. The molecule has 1 aromatic carbocycles. The van der Waals surface area contributed by atoms with Crippen LogP contribution >= 0.6 is 0 Å². The summed E-state index contributed by atoms with van der Waals surface area (Å²) in [6.07, 6.45) is 0.381. The van der Waals surface area contributed by atoms with Crippen LogP contribution in [0.15, 0.2) is 24.3 Å². The molecule has 2 rings (SSSR count). The number of esters is 1. The van der Waals surface area contributed by atoms with Crippen LogP contribution in [0.4, 0.5) is 0 Å². The summed E-state index contributed by atoms with van der Waals surface area (Å²) in [5.74, 6) is -1.21. The van der Waals surface area contributed by atoms with Crippen LogP contribution in [0.3, 0.4) is 0 Å². The van der Waals surface area contributed by atoms with Crippen LogP contribution < -0.4 is 10.1 Å². The van der Waals surface area contributed by atoms with Gasteiger partial charge in [-0.05, 0) is 31.5 Å². The van der Waals surface area contributed by atoms with Crippen molar-refractivity contribution in [2.75, 3.05) is 38.3 Å². The molecule has 0 spiro atoms. The summed E-state index contributed by atoms with van der Waals surface area (Å²) in [4.78, 5) is 37.5. The lowest BCUT2D eigenvalue weighted by molar-refractivity contribution is -0.151. The van der Waals surface area contributed by atoms with Crippen LogP contribution in [0.25, 0.3) is 0 Å². The Hall–Kier alpha value is -2.62. The van der Waals surface area contributed by atoms with Crippen molar-refractivity contribution in [3.05, 3.63) is 29.8 Å². The lowest BCUT2D eigenvalue weighted by atomic mass is 10.2. The summed E-state index contributed by atoms with van der Waals surface area (Å²) < 4.78 is 33.1. The van der Waals surface area contributed by atoms with Gasteiger partial charge in [-0.25, -0.2) is 8.42 Å². The molecule has 28 heavy (non-hydrogen) atoms. The fourth-order valence-corrected chi connectivity index (χ4v) is 4.69. The summed E-state index contributed by atoms with van der Waals surface area (Å²) in [5, 5.41) is 2.41. The number of nitrogens with one attached hydrogen (secondary N) is 1. The predicted octanol–water partition coefficient (Wildman–Crippen LogP) is 0.00380. The minimum atomic E-state index is -3.12. The highest BCUT2D eigenvalue weighted by molar-refractivity contribution is 7.91. The number of amides is 2. The number of benzene rings is 1. The Bertz CT molecular complexity index is 838. The Morgan fingerprint density at radius 1 is 1.29 bits per heavy atom. The third-order valence-electron chi connectivity index (χ3n) is 4.39. The fraction of sp³-hybridized carbons (Fsp3) is 0.500. The molecule has 154 valence electrons. The molecule has 0 aliphatic carbocycles. The molecule has 1 fully saturated rings. The maximum Gasteiger partial charge on any atom is 0.325 e. The number of ether oxygens (including phenoxy) is 2. The van der Waals surface area contributed by atoms with Crippen molar-refractivity contribution in [2.24, 2.45) is 0 Å². The summed E-state index contributed by atoms with van der Waals surface area (Å²) in [5.41, 5.74) is 0.322. The van der Waals surface area contributed by atoms with Gasteiger partial charge >= 0.3 is 5.97 Å². The van der Waals surface area contributed by atoms with E-state index in [1.807, 2.05) is 0 Å². The van der Waals surface area contributed by atoms with Gasteiger partial charge in [-0.2, -0.15) is 0 Å². The maximum atomic E-state index is 12.3. The van der Waals surface area contributed by atoms with Crippen LogP contribution in [0.5, 0.6) is 5.75 Å². The average Bonchev–Trinajstić information content (AvgIpc) is 3.04. The van der Waals surface area contributed by atoms with Crippen LogP contribution in [-0.2, 0) is 24.2 Å². The SMILES string of the molecule is CCN(C(=O)COC(=O)CNC(=O)c1cccc(OC)c1)[C@@H]1CCS(=O)(=O)C1. The van der Waals surface area contributed by atoms with Crippen molar-refractivity contribution in [1.82, 2.24) is 10.2 Å². The quantitative estimate of drug-likeness (QED) is 0.597. The van der Waals surface area contributed by atoms with E-state index in [-0.39, 0.29) is 11.5 Å². The number of methoxy groups -OCH3 is 1. The van der Waals surface area contributed by atoms with Gasteiger partial charge in [0.2, 0.25) is 0 Å². The van der Waals surface area contributed by atoms with E-state index in [9.17, 15) is 22.8 Å². The first-order chi connectivity index (χ1) is 13.3. The van der Waals surface area contributed by atoms with Crippen LogP contribution in [0.1, 0.15) is 23.7 Å². The lowest BCUT2D eigenvalue weighted by Crippen LogP contribution is -2.43. The van der Waals surface area contributed by atoms with Gasteiger partial charge in [0.1, 0.15) is 12.3 Å². The molecule has 0 saturated carbocycles. The first-order valence-electron chi connectivity index (χ1n) is 8.83. The van der Waals surface area contributed by atoms with E-state index in [2.05, 4.69) is 5.32 Å². The highest BCUT2D eigenvalue weighted by Crippen LogP contribution is 2.18. The number of nitrogens with zero attached hydrogens (tertiary/aromatic N) is 1. The molecule has 2 amide bonds. The highest BCUT2D eigenvalue weighted by Gasteiger charge is 2.34. The van der Waals surface area contributed by atoms with Gasteiger partial charge < -0.3 is 19.7 Å². The van der Waals surface area contributed by atoms with Crippen molar-refractivity contribution in [3.8, 4) is 5.75 Å². The molecule has 1 saturated heterocycles. The molecule has 1 aliphatic heterocycles. The zero-order valence-corrected chi connectivity index (χ0v) is 16.7. The van der Waals surface area contributed by atoms with Crippen LogP contribution in [0.2, 0.25) is 0 Å². The standard InChI is InChI=1S/C18H24N2O7S/c1-3-20(14-7-8-28(24,25)12-14)16(21)11-27-17(22)10-19-18(23)13-5-4-6-15(9-13)26-2/h4-6,9,14H,3,7-8,10-12H2,1-2H3,(H,19,23)/t14-/m1/s1. The average molecular weight is 412 g/mol. The Morgan fingerprint density at radius 3 is 2.64 bits per heavy atom. The van der Waals surface area contributed by atoms with Gasteiger partial charge in [0.05, 0.1) is 18.6 Å². The summed E-state index contributed by atoms with van der Waals surface area (Å²) in [6, 6.07) is 6.04. The number of hydrogen-bond donors (Lipinski definition) is 1. The normalized spacial score (nSPS) is 17.6. The second-order valence-corrected chi connectivity index (χ2v) is 8.54. The number of rotatable bonds is 8. The van der Waals surface area contributed by atoms with Gasteiger partial charge in [0.15, 0.2) is 16.4 Å². The Morgan fingerprint density at radius 2 is 2.04 bits per heavy atom. The summed E-state index contributed by atoms with van der Waals surface area (Å²) in [6.45, 7) is 1.16. The number of carbonyl (C=O) groups is 3. The third-order valence-corrected chi connectivity index (χ3v) is 6.14. The van der Waals surface area contributed by atoms with E-state index in [4.69, 9.17) is 9.47 Å². The predicted molar refractivity (Wildman–Crippen MR) is 101 cm³/mol. The smallest absolute Gasteiger partial charge is 0.325 e. The third kappa shape index (κ3) is 5.95. The van der Waals surface area contributed by atoms with Crippen molar-refractivity contribution in [2.45, 2.75) is 19.4 Å². The van der Waals surface area contributed by atoms with Crippen molar-refractivity contribution in [3.63, 3.8) is 0 Å². The Balaban J connectivity index is 1.79. The minimum Gasteiger partial charge on any atom is -0.497 e. The van der Waals surface area contributed by atoms with Crippen LogP contribution in [-0.4, -0.2) is 75.5 Å². The van der Waals surface area contributed by atoms with E-state index >= 15 is 0 Å². The van der Waals surface area contributed by atoms with Gasteiger partial charge in [0, 0.05) is 18.2 Å². The van der Waals surface area contributed by atoms with Crippen molar-refractivity contribution >= 4 is 27.6 Å². The molecule has 1 aromatic rings. The zero-order chi connectivity index (χ0) is 20.7. The molecule has 0 unspecified atom stereocenters. The van der Waals surface area contributed by atoms with E-state index < -0.39 is 46.8 Å². The van der Waals surface area contributed by atoms with Crippen molar-refractivity contribution < 1.29 is 32.3 Å². The van der Waals surface area contributed by atoms with E-state index in [1.165, 1.54) is 18.1 Å². The molecular formula is C18H24N2O7S. The van der Waals surface area contributed by atoms with Crippen molar-refractivity contribution in [1.29, 1.82) is 0 Å². The van der Waals surface area contributed by atoms with Crippen LogP contribution in [0, 0.1) is 0 Å². The maximum absolute atomic E-state index is 12.3. The number of carbonyl (C=O) groups excluding carboxylic acids is 3. The number of sulfone groups is 1. The number of likely N-dealkylation sites (N-methyl/N-ethyl adjacent to an activating group) is 1. The molecule has 0 aromatic heterocycles. The molecular weight excluding hydrogens is 388 g/mol. The van der Waals surface area contributed by atoms with Gasteiger partial charge in [-0.3, -0.25) is 14.4 Å². The molecule has 1 atom stereocenters. The zero-order valence-electron chi connectivity index (χ0n) is 15.8. The summed E-state index contributed by atoms with van der Waals surface area (Å²) in [7, 11) is -1.64. The topological polar surface area (TPSA) is 119 Å². The van der Waals surface area contributed by atoms with E-state index in [0.717, 1.165) is 0 Å². The largest absolute Gasteiger partial charge is 0.497 e. The Labute approximate surface area is 163 Å². The first kappa shape index (κ1) is 21.7. The molecule has 1 aliphatic rings. The first-order valence-corrected chi connectivity index (χ1v) is 10.7. The molecule has 10 heteroatoms. The monoisotopic (exact) mass is 412 g/mol. The minimum absolute atomic E-state index is 0.0531. The highest BCUT2D eigenvalue weighted by atomic mass is 32.2. The molecule has 1 heterocycles. The molecule has 1 N–H and O–H groups in total. The Kier molecular flexibility index (Phi) is 7.38. The van der Waals surface area contributed by atoms with Gasteiger partial charge in [-0.15, -0.1) is 0 Å². The second-order valence-electron chi connectivity index (χ2n) is 6.31. The van der Waals surface area contributed by atoms with Gasteiger partial charge in [0.25, 0.3) is 11.8 Å². The fourth-order valence-electron chi connectivity index (χ4n) is 2.95. The van der Waals surface area contributed by atoms with E-state index in [1.54, 1.807) is 25.1 Å². The molecule has 0 radical (unpaired) electrons. The molecule has 9 nitrogen and oxygen atoms in total. The lowest BCUT2D eigenvalue weighted by Gasteiger charge is -2.26.